The van der Waals surface area contributed by atoms with Crippen LogP contribution in [0.3, 0.4) is 0 Å². The number of benzene rings is 1. The Morgan fingerprint density at radius 3 is 2.77 bits per heavy atom. The molecule has 5 nitrogen and oxygen atoms in total. The highest BCUT2D eigenvalue weighted by atomic mass is 32.1. The van der Waals surface area contributed by atoms with Crippen LogP contribution in [0.5, 0.6) is 5.75 Å². The lowest BCUT2D eigenvalue weighted by Gasteiger charge is -2.37. The molecule has 0 radical (unpaired) electrons. The van der Waals surface area contributed by atoms with Crippen molar-refractivity contribution in [3.05, 3.63) is 35.3 Å². The zero-order valence-electron chi connectivity index (χ0n) is 15.2. The van der Waals surface area contributed by atoms with Crippen LogP contribution in [-0.2, 0) is 16.0 Å². The van der Waals surface area contributed by atoms with Crippen molar-refractivity contribution in [1.29, 1.82) is 0 Å². The molecule has 6 heteroatoms. The number of nitrogens with zero attached hydrogens (tertiary/aromatic N) is 2. The smallest absolute Gasteiger partial charge is 0.173 e. The highest BCUT2D eigenvalue weighted by molar-refractivity contribution is 7.13. The lowest BCUT2D eigenvalue weighted by molar-refractivity contribution is -0.111. The molecule has 2 saturated heterocycles. The number of hydrogen-bond acceptors (Lipinski definition) is 6. The second kappa shape index (κ2) is 8.48. The van der Waals surface area contributed by atoms with Crippen molar-refractivity contribution in [1.82, 2.24) is 9.88 Å². The molecule has 0 saturated carbocycles. The maximum Gasteiger partial charge on any atom is 0.173 e. The van der Waals surface area contributed by atoms with Crippen LogP contribution in [0.15, 0.2) is 29.6 Å². The molecule has 140 valence electrons. The fourth-order valence-electron chi connectivity index (χ4n) is 3.70. The van der Waals surface area contributed by atoms with Gasteiger partial charge in [0.05, 0.1) is 31.6 Å². The minimum atomic E-state index is -0.0699. The van der Waals surface area contributed by atoms with Gasteiger partial charge in [-0.3, -0.25) is 4.90 Å². The Balaban J connectivity index is 1.43. The monoisotopic (exact) mass is 374 g/mol. The molecule has 0 N–H and O–H groups in total. The summed E-state index contributed by atoms with van der Waals surface area (Å²) in [5.74, 6) is 0.903. The second-order valence-corrected chi connectivity index (χ2v) is 7.60. The van der Waals surface area contributed by atoms with Gasteiger partial charge in [0.15, 0.2) is 6.29 Å². The third kappa shape index (κ3) is 4.09. The van der Waals surface area contributed by atoms with Gasteiger partial charge in [0.1, 0.15) is 10.8 Å². The summed E-state index contributed by atoms with van der Waals surface area (Å²) in [6.45, 7) is 6.06. The number of likely N-dealkylation sites (tertiary alicyclic amines) is 1. The van der Waals surface area contributed by atoms with Gasteiger partial charge < -0.3 is 14.2 Å². The van der Waals surface area contributed by atoms with E-state index in [2.05, 4.69) is 22.4 Å². The fourth-order valence-corrected chi connectivity index (χ4v) is 4.52. The topological polar surface area (TPSA) is 43.8 Å². The molecule has 1 unspecified atom stereocenters. The Bertz CT molecular complexity index is 697. The van der Waals surface area contributed by atoms with E-state index in [4.69, 9.17) is 19.2 Å². The highest BCUT2D eigenvalue weighted by Gasteiger charge is 2.33. The first kappa shape index (κ1) is 17.9. The van der Waals surface area contributed by atoms with Gasteiger partial charge in [-0.25, -0.2) is 4.98 Å². The quantitative estimate of drug-likeness (QED) is 0.766. The van der Waals surface area contributed by atoms with Crippen molar-refractivity contribution < 1.29 is 14.2 Å². The van der Waals surface area contributed by atoms with Crippen molar-refractivity contribution in [2.75, 3.05) is 26.4 Å². The Morgan fingerprint density at radius 1 is 1.19 bits per heavy atom. The summed E-state index contributed by atoms with van der Waals surface area (Å²) in [5, 5.41) is 3.23. The summed E-state index contributed by atoms with van der Waals surface area (Å²) >= 11 is 1.70. The Hall–Kier alpha value is -1.47. The molecule has 0 bridgehead atoms. The largest absolute Gasteiger partial charge is 0.494 e. The Morgan fingerprint density at radius 2 is 2.00 bits per heavy atom. The third-order valence-electron chi connectivity index (χ3n) is 4.96. The molecule has 3 heterocycles. The summed E-state index contributed by atoms with van der Waals surface area (Å²) < 4.78 is 17.1. The van der Waals surface area contributed by atoms with Crippen LogP contribution < -0.4 is 4.74 Å². The van der Waals surface area contributed by atoms with E-state index in [1.54, 1.807) is 11.3 Å². The van der Waals surface area contributed by atoms with Crippen LogP contribution in [-0.4, -0.2) is 48.6 Å². The SMILES string of the molecule is CCOc1ccc(-c2nc(CN3CCCCC3C3OCCO3)cs2)cc1. The molecule has 0 amide bonds. The van der Waals surface area contributed by atoms with E-state index in [1.165, 1.54) is 12.8 Å². The standard InChI is InChI=1S/C20H26N2O3S/c1-2-23-17-8-6-15(7-9-17)19-21-16(14-26-19)13-22-10-4-3-5-18(22)20-24-11-12-25-20/h6-9,14,18,20H,2-5,10-13H2,1H3. The summed E-state index contributed by atoms with van der Waals surface area (Å²) in [6.07, 6.45) is 3.55. The van der Waals surface area contributed by atoms with Gasteiger partial charge in [-0.15, -0.1) is 11.3 Å². The van der Waals surface area contributed by atoms with Crippen LogP contribution in [0.1, 0.15) is 31.9 Å². The molecule has 1 atom stereocenters. The van der Waals surface area contributed by atoms with Crippen LogP contribution in [0.2, 0.25) is 0 Å². The number of thiazole rings is 1. The number of piperidine rings is 1. The van der Waals surface area contributed by atoms with Gasteiger partial charge in [-0.05, 0) is 50.6 Å². The first-order chi connectivity index (χ1) is 12.8. The number of hydrogen-bond donors (Lipinski definition) is 0. The van der Waals surface area contributed by atoms with E-state index in [0.717, 1.165) is 41.5 Å². The molecule has 4 rings (SSSR count). The number of rotatable bonds is 6. The molecule has 2 aromatic rings. The molecule has 2 fully saturated rings. The minimum Gasteiger partial charge on any atom is -0.494 e. The predicted molar refractivity (Wildman–Crippen MR) is 102 cm³/mol. The summed E-state index contributed by atoms with van der Waals surface area (Å²) in [5.41, 5.74) is 2.27. The van der Waals surface area contributed by atoms with E-state index in [0.29, 0.717) is 25.9 Å². The summed E-state index contributed by atoms with van der Waals surface area (Å²) in [7, 11) is 0. The fraction of sp³-hybridized carbons (Fsp3) is 0.550. The molecule has 1 aromatic heterocycles. The van der Waals surface area contributed by atoms with E-state index < -0.39 is 0 Å². The lowest BCUT2D eigenvalue weighted by atomic mass is 10.0. The van der Waals surface area contributed by atoms with Gasteiger partial charge >= 0.3 is 0 Å². The maximum absolute atomic E-state index is 5.77. The molecule has 0 aliphatic carbocycles. The van der Waals surface area contributed by atoms with E-state index in [9.17, 15) is 0 Å². The second-order valence-electron chi connectivity index (χ2n) is 6.74. The molecule has 2 aliphatic rings. The van der Waals surface area contributed by atoms with Crippen molar-refractivity contribution in [2.45, 2.75) is 45.1 Å². The van der Waals surface area contributed by atoms with Crippen molar-refractivity contribution in [3.63, 3.8) is 0 Å². The van der Waals surface area contributed by atoms with Crippen LogP contribution in [0.4, 0.5) is 0 Å². The van der Waals surface area contributed by atoms with Crippen LogP contribution in [0, 0.1) is 0 Å². The summed E-state index contributed by atoms with van der Waals surface area (Å²) in [4.78, 5) is 7.35. The average Bonchev–Trinajstić information content (AvgIpc) is 3.35. The van der Waals surface area contributed by atoms with Crippen LogP contribution >= 0.6 is 11.3 Å². The van der Waals surface area contributed by atoms with Crippen molar-refractivity contribution >= 4 is 11.3 Å². The van der Waals surface area contributed by atoms with Crippen molar-refractivity contribution in [3.8, 4) is 16.3 Å². The molecule has 26 heavy (non-hydrogen) atoms. The molecule has 2 aliphatic heterocycles. The van der Waals surface area contributed by atoms with Gasteiger partial charge in [0.2, 0.25) is 0 Å². The van der Waals surface area contributed by atoms with Gasteiger partial charge in [-0.1, -0.05) is 6.42 Å². The molecular formula is C20H26N2O3S. The van der Waals surface area contributed by atoms with Gasteiger partial charge in [-0.2, -0.15) is 0 Å². The predicted octanol–water partition coefficient (Wildman–Crippen LogP) is 3.94. The van der Waals surface area contributed by atoms with E-state index in [1.807, 2.05) is 19.1 Å². The van der Waals surface area contributed by atoms with Crippen LogP contribution in [0.25, 0.3) is 10.6 Å². The lowest BCUT2D eigenvalue weighted by Crippen LogP contribution is -2.46. The van der Waals surface area contributed by atoms with Gasteiger partial charge in [0, 0.05) is 17.5 Å². The maximum atomic E-state index is 5.77. The molecule has 1 aromatic carbocycles. The summed E-state index contributed by atoms with van der Waals surface area (Å²) in [6, 6.07) is 8.53. The normalized spacial score (nSPS) is 22.0. The van der Waals surface area contributed by atoms with E-state index >= 15 is 0 Å². The number of ether oxygens (including phenoxy) is 3. The molecular weight excluding hydrogens is 348 g/mol. The zero-order valence-corrected chi connectivity index (χ0v) is 16.0. The molecule has 0 spiro atoms. The average molecular weight is 375 g/mol. The highest BCUT2D eigenvalue weighted by Crippen LogP contribution is 2.29. The first-order valence-electron chi connectivity index (χ1n) is 9.48. The third-order valence-corrected chi connectivity index (χ3v) is 5.90. The Labute approximate surface area is 158 Å². The minimum absolute atomic E-state index is 0.0699. The number of aromatic nitrogens is 1. The zero-order chi connectivity index (χ0) is 17.8. The first-order valence-corrected chi connectivity index (χ1v) is 10.4. The van der Waals surface area contributed by atoms with Gasteiger partial charge in [0.25, 0.3) is 0 Å². The Kier molecular flexibility index (Phi) is 5.84. The van der Waals surface area contributed by atoms with E-state index in [-0.39, 0.29) is 6.29 Å². The van der Waals surface area contributed by atoms with Crippen molar-refractivity contribution in [2.24, 2.45) is 0 Å².